The van der Waals surface area contributed by atoms with Crippen LogP contribution in [-0.4, -0.2) is 37.1 Å². The number of H-pyrrole nitrogens is 1. The molecule has 136 valence electrons. The third-order valence-corrected chi connectivity index (χ3v) is 3.92. The van der Waals surface area contributed by atoms with E-state index in [0.717, 1.165) is 5.52 Å². The number of anilines is 2. The Labute approximate surface area is 151 Å². The topological polar surface area (TPSA) is 127 Å². The predicted octanol–water partition coefficient (Wildman–Crippen LogP) is 3.04. The number of nitrogens with zero attached hydrogens (tertiary/aromatic N) is 4. The van der Waals surface area contributed by atoms with E-state index >= 15 is 0 Å². The molecule has 0 aliphatic rings. The summed E-state index contributed by atoms with van der Waals surface area (Å²) in [5.41, 5.74) is 2.45. The average molecular weight is 366 g/mol. The van der Waals surface area contributed by atoms with Crippen LogP contribution < -0.4 is 5.32 Å². The molecule has 10 nitrogen and oxygen atoms in total. The highest BCUT2D eigenvalue weighted by Crippen LogP contribution is 2.21. The van der Waals surface area contributed by atoms with E-state index < -0.39 is 10.9 Å². The fraction of sp³-hybridized carbons (Fsp3) is 0.118. The first-order valence-corrected chi connectivity index (χ1v) is 8.12. The molecule has 4 rings (SSSR count). The maximum Gasteiger partial charge on any atom is 0.338 e. The van der Waals surface area contributed by atoms with E-state index in [1.165, 1.54) is 12.1 Å². The number of hydrogen-bond acceptors (Lipinski definition) is 7. The zero-order valence-electron chi connectivity index (χ0n) is 14.2. The molecule has 2 aromatic carbocycles. The van der Waals surface area contributed by atoms with Gasteiger partial charge in [-0.25, -0.2) is 14.3 Å². The van der Waals surface area contributed by atoms with Gasteiger partial charge >= 0.3 is 5.97 Å². The van der Waals surface area contributed by atoms with E-state index in [0.29, 0.717) is 35.1 Å². The number of hydrogen-bond donors (Lipinski definition) is 2. The lowest BCUT2D eigenvalue weighted by atomic mass is 10.2. The molecule has 4 aromatic rings. The molecular formula is C17H14N6O4. The first-order valence-electron chi connectivity index (χ1n) is 8.12. The Morgan fingerprint density at radius 3 is 2.74 bits per heavy atom. The summed E-state index contributed by atoms with van der Waals surface area (Å²) in [6.07, 6.45) is 0. The van der Waals surface area contributed by atoms with Crippen molar-refractivity contribution in [2.75, 3.05) is 11.9 Å². The van der Waals surface area contributed by atoms with E-state index in [1.54, 1.807) is 41.8 Å². The fourth-order valence-electron chi connectivity index (χ4n) is 2.68. The molecule has 0 saturated carbocycles. The minimum Gasteiger partial charge on any atom is -0.462 e. The van der Waals surface area contributed by atoms with Gasteiger partial charge in [0.05, 0.1) is 28.1 Å². The molecule has 0 bridgehead atoms. The minimum atomic E-state index is -0.457. The highest BCUT2D eigenvalue weighted by atomic mass is 16.6. The van der Waals surface area contributed by atoms with Crippen LogP contribution >= 0.6 is 0 Å². The van der Waals surface area contributed by atoms with Crippen LogP contribution in [0.3, 0.4) is 0 Å². The van der Waals surface area contributed by atoms with Gasteiger partial charge in [0.1, 0.15) is 0 Å². The smallest absolute Gasteiger partial charge is 0.338 e. The van der Waals surface area contributed by atoms with E-state index in [-0.39, 0.29) is 5.69 Å². The van der Waals surface area contributed by atoms with Gasteiger partial charge in [0, 0.05) is 17.8 Å². The Balaban J connectivity index is 1.62. The van der Waals surface area contributed by atoms with E-state index in [1.807, 2.05) is 0 Å². The number of carbonyl (C=O) groups is 1. The van der Waals surface area contributed by atoms with Crippen molar-refractivity contribution in [3.8, 4) is 0 Å². The number of aromatic nitrogens is 4. The molecule has 2 heterocycles. The standard InChI is InChI=1S/C17H14N6O4/c1-2-27-15(24)10-3-8-14-13(9-10)19-17-20-16(21-22(14)17)18-11-4-6-12(7-5-11)23(25)26/h3-9H,2H2,1H3,(H2,18,19,20,21). The summed E-state index contributed by atoms with van der Waals surface area (Å²) in [6.45, 7) is 2.06. The molecule has 0 saturated heterocycles. The Morgan fingerprint density at radius 1 is 1.26 bits per heavy atom. The largest absolute Gasteiger partial charge is 0.462 e. The molecule has 0 amide bonds. The number of fused-ring (bicyclic) bond motifs is 3. The quantitative estimate of drug-likeness (QED) is 0.316. The van der Waals surface area contributed by atoms with Crippen LogP contribution in [0.2, 0.25) is 0 Å². The van der Waals surface area contributed by atoms with Crippen LogP contribution in [0.4, 0.5) is 17.3 Å². The number of carbonyl (C=O) groups excluding carboxylic acids is 1. The van der Waals surface area contributed by atoms with Crippen molar-refractivity contribution in [2.45, 2.75) is 6.92 Å². The Kier molecular flexibility index (Phi) is 3.92. The van der Waals surface area contributed by atoms with Gasteiger partial charge in [0.15, 0.2) is 0 Å². The van der Waals surface area contributed by atoms with Crippen LogP contribution in [0, 0.1) is 10.1 Å². The first kappa shape index (κ1) is 16.5. The molecule has 0 fully saturated rings. The van der Waals surface area contributed by atoms with Crippen molar-refractivity contribution >= 4 is 40.1 Å². The highest BCUT2D eigenvalue weighted by Gasteiger charge is 2.13. The number of imidazole rings is 1. The van der Waals surface area contributed by atoms with Crippen LogP contribution in [-0.2, 0) is 4.74 Å². The number of esters is 1. The van der Waals surface area contributed by atoms with Crippen molar-refractivity contribution in [1.82, 2.24) is 19.6 Å². The van der Waals surface area contributed by atoms with E-state index in [4.69, 9.17) is 4.74 Å². The molecule has 0 radical (unpaired) electrons. The monoisotopic (exact) mass is 366 g/mol. The summed E-state index contributed by atoms with van der Waals surface area (Å²) in [5.74, 6) is 0.461. The number of rotatable bonds is 5. The van der Waals surface area contributed by atoms with Gasteiger partial charge in [0.25, 0.3) is 11.5 Å². The number of benzene rings is 2. The summed E-state index contributed by atoms with van der Waals surface area (Å²) in [6, 6.07) is 11.1. The van der Waals surface area contributed by atoms with Crippen molar-refractivity contribution in [1.29, 1.82) is 0 Å². The molecule has 27 heavy (non-hydrogen) atoms. The molecular weight excluding hydrogens is 352 g/mol. The molecule has 0 aliphatic heterocycles. The van der Waals surface area contributed by atoms with Crippen molar-refractivity contribution in [2.24, 2.45) is 0 Å². The zero-order chi connectivity index (χ0) is 19.0. The maximum atomic E-state index is 11.8. The second kappa shape index (κ2) is 6.41. The number of nitro benzene ring substituents is 1. The van der Waals surface area contributed by atoms with E-state index in [2.05, 4.69) is 20.4 Å². The molecule has 10 heteroatoms. The lowest BCUT2D eigenvalue weighted by Crippen LogP contribution is -2.04. The van der Waals surface area contributed by atoms with Crippen LogP contribution in [0.5, 0.6) is 0 Å². The third-order valence-electron chi connectivity index (χ3n) is 3.92. The summed E-state index contributed by atoms with van der Waals surface area (Å²) in [4.78, 5) is 30.8. The van der Waals surface area contributed by atoms with Crippen LogP contribution in [0.15, 0.2) is 42.5 Å². The number of non-ortho nitro benzene ring substituents is 1. The van der Waals surface area contributed by atoms with Gasteiger partial charge < -0.3 is 10.1 Å². The van der Waals surface area contributed by atoms with Crippen molar-refractivity contribution < 1.29 is 14.5 Å². The fourth-order valence-corrected chi connectivity index (χ4v) is 2.68. The van der Waals surface area contributed by atoms with Gasteiger partial charge in [-0.05, 0) is 37.3 Å². The number of ether oxygens (including phenoxy) is 1. The minimum absolute atomic E-state index is 0.0122. The first-order chi connectivity index (χ1) is 13.0. The molecule has 0 atom stereocenters. The Bertz CT molecular complexity index is 1160. The van der Waals surface area contributed by atoms with Crippen molar-refractivity contribution in [3.05, 3.63) is 58.1 Å². The average Bonchev–Trinajstić information content (AvgIpc) is 3.18. The zero-order valence-corrected chi connectivity index (χ0v) is 14.2. The second-order valence-corrected chi connectivity index (χ2v) is 5.67. The number of nitrogens with one attached hydrogen (secondary N) is 2. The second-order valence-electron chi connectivity index (χ2n) is 5.67. The van der Waals surface area contributed by atoms with Gasteiger partial charge in [-0.1, -0.05) is 0 Å². The third kappa shape index (κ3) is 3.03. The van der Waals surface area contributed by atoms with Gasteiger partial charge in [-0.15, -0.1) is 0 Å². The van der Waals surface area contributed by atoms with Gasteiger partial charge in [-0.2, -0.15) is 4.98 Å². The summed E-state index contributed by atoms with van der Waals surface area (Å²) in [5, 5.41) is 16.8. The van der Waals surface area contributed by atoms with Crippen LogP contribution in [0.1, 0.15) is 17.3 Å². The highest BCUT2D eigenvalue weighted by molar-refractivity contribution is 5.94. The number of aromatic amines is 1. The summed E-state index contributed by atoms with van der Waals surface area (Å²) in [7, 11) is 0. The maximum absolute atomic E-state index is 11.8. The Hall–Kier alpha value is -3.95. The predicted molar refractivity (Wildman–Crippen MR) is 97.2 cm³/mol. The summed E-state index contributed by atoms with van der Waals surface area (Å²) < 4.78 is 6.67. The lowest BCUT2D eigenvalue weighted by Gasteiger charge is -2.02. The molecule has 2 N–H and O–H groups in total. The number of nitro groups is 1. The normalized spacial score (nSPS) is 11.0. The SMILES string of the molecule is CCOC(=O)c1ccc2c(c1)nc1nc(Nc3ccc([N+](=O)[O-])cc3)[nH]n12. The molecule has 0 spiro atoms. The van der Waals surface area contributed by atoms with E-state index in [9.17, 15) is 14.9 Å². The van der Waals surface area contributed by atoms with Crippen molar-refractivity contribution in [3.63, 3.8) is 0 Å². The summed E-state index contributed by atoms with van der Waals surface area (Å²) >= 11 is 0. The van der Waals surface area contributed by atoms with Gasteiger partial charge in [0.2, 0.25) is 5.95 Å². The van der Waals surface area contributed by atoms with Gasteiger partial charge in [-0.3, -0.25) is 15.2 Å². The lowest BCUT2D eigenvalue weighted by molar-refractivity contribution is -0.384. The molecule has 0 unspecified atom stereocenters. The molecule has 0 aliphatic carbocycles. The Morgan fingerprint density at radius 2 is 2.04 bits per heavy atom. The molecule has 2 aromatic heterocycles. The van der Waals surface area contributed by atoms with Crippen LogP contribution in [0.25, 0.3) is 16.8 Å².